The number of thiazole rings is 1. The fourth-order valence-electron chi connectivity index (χ4n) is 3.90. The van der Waals surface area contributed by atoms with Gasteiger partial charge < -0.3 is 4.90 Å². The largest absolute Gasteiger partial charge is 0.326 e. The SMILES string of the molecule is CCS(=O)(=O)N[C@H]1CC2=C(C(C)=O)[C@H](c3cccc(F)c3Cl)N=C(c3nccs3)N2C1. The summed E-state index contributed by atoms with van der Waals surface area (Å²) < 4.78 is 41.2. The van der Waals surface area contributed by atoms with Crippen LogP contribution in [-0.4, -0.2) is 48.3 Å². The van der Waals surface area contributed by atoms with Gasteiger partial charge in [-0.1, -0.05) is 23.7 Å². The Balaban J connectivity index is 1.87. The van der Waals surface area contributed by atoms with Crippen LogP contribution in [-0.2, 0) is 14.8 Å². The molecule has 1 aromatic heterocycles. The average molecular weight is 483 g/mol. The van der Waals surface area contributed by atoms with Crippen molar-refractivity contribution >= 4 is 44.6 Å². The number of carbonyl (C=O) groups is 1. The van der Waals surface area contributed by atoms with Crippen molar-refractivity contribution in [1.82, 2.24) is 14.6 Å². The second-order valence-corrected chi connectivity index (χ2v) is 10.6. The number of aliphatic imine (C=N–C) groups is 1. The zero-order valence-corrected chi connectivity index (χ0v) is 19.2. The van der Waals surface area contributed by atoms with Crippen molar-refractivity contribution in [3.05, 3.63) is 62.5 Å². The molecular weight excluding hydrogens is 463 g/mol. The third-order valence-corrected chi connectivity index (χ3v) is 7.89. The maximum atomic E-state index is 14.2. The number of ketones is 1. The topological polar surface area (TPSA) is 91.7 Å². The molecular formula is C20H20ClFN4O3S2. The van der Waals surface area contributed by atoms with E-state index in [2.05, 4.69) is 9.71 Å². The van der Waals surface area contributed by atoms with Crippen molar-refractivity contribution in [2.75, 3.05) is 12.3 Å². The highest BCUT2D eigenvalue weighted by Gasteiger charge is 2.41. The Morgan fingerprint density at radius 1 is 1.42 bits per heavy atom. The van der Waals surface area contributed by atoms with Gasteiger partial charge in [0.1, 0.15) is 11.9 Å². The van der Waals surface area contributed by atoms with Crippen LogP contribution < -0.4 is 4.72 Å². The van der Waals surface area contributed by atoms with Gasteiger partial charge in [-0.3, -0.25) is 9.79 Å². The number of benzene rings is 1. The van der Waals surface area contributed by atoms with Gasteiger partial charge in [-0.2, -0.15) is 0 Å². The van der Waals surface area contributed by atoms with Crippen molar-refractivity contribution in [3.8, 4) is 0 Å². The monoisotopic (exact) mass is 482 g/mol. The summed E-state index contributed by atoms with van der Waals surface area (Å²) in [5, 5.41) is 2.33. The van der Waals surface area contributed by atoms with Crippen molar-refractivity contribution in [2.24, 2.45) is 4.99 Å². The lowest BCUT2D eigenvalue weighted by atomic mass is 9.92. The minimum Gasteiger partial charge on any atom is -0.326 e. The Kier molecular flexibility index (Phi) is 5.99. The van der Waals surface area contributed by atoms with Gasteiger partial charge in [-0.25, -0.2) is 22.5 Å². The van der Waals surface area contributed by atoms with Gasteiger partial charge in [0.15, 0.2) is 16.6 Å². The molecule has 2 aromatic rings. The molecule has 0 bridgehead atoms. The van der Waals surface area contributed by atoms with Crippen molar-refractivity contribution in [1.29, 1.82) is 0 Å². The molecule has 1 saturated heterocycles. The lowest BCUT2D eigenvalue weighted by Gasteiger charge is -2.31. The molecule has 0 radical (unpaired) electrons. The highest BCUT2D eigenvalue weighted by atomic mass is 35.5. The molecule has 4 rings (SSSR count). The number of amidine groups is 1. The zero-order valence-electron chi connectivity index (χ0n) is 16.8. The third kappa shape index (κ3) is 4.17. The molecule has 0 unspecified atom stereocenters. The molecule has 31 heavy (non-hydrogen) atoms. The fourth-order valence-corrected chi connectivity index (χ4v) is 5.60. The maximum Gasteiger partial charge on any atom is 0.211 e. The van der Waals surface area contributed by atoms with E-state index >= 15 is 0 Å². The summed E-state index contributed by atoms with van der Waals surface area (Å²) in [4.78, 5) is 23.7. The average Bonchev–Trinajstić information content (AvgIpc) is 3.38. The molecule has 2 aliphatic heterocycles. The van der Waals surface area contributed by atoms with E-state index in [0.717, 1.165) is 0 Å². The van der Waals surface area contributed by atoms with Crippen LogP contribution in [0.5, 0.6) is 0 Å². The smallest absolute Gasteiger partial charge is 0.211 e. The first-order valence-corrected chi connectivity index (χ1v) is 12.6. The Hall–Kier alpha value is -2.14. The van der Waals surface area contributed by atoms with E-state index in [1.807, 2.05) is 4.90 Å². The number of sulfonamides is 1. The molecule has 164 valence electrons. The number of halogens is 2. The summed E-state index contributed by atoms with van der Waals surface area (Å²) in [5.41, 5.74) is 1.42. The lowest BCUT2D eigenvalue weighted by molar-refractivity contribution is -0.114. The number of rotatable bonds is 6. The van der Waals surface area contributed by atoms with Crippen LogP contribution in [0.3, 0.4) is 0 Å². The van der Waals surface area contributed by atoms with Gasteiger partial charge >= 0.3 is 0 Å². The summed E-state index contributed by atoms with van der Waals surface area (Å²) in [6.07, 6.45) is 1.95. The Labute approximate surface area is 188 Å². The number of hydrogen-bond acceptors (Lipinski definition) is 7. The third-order valence-electron chi connectivity index (χ3n) is 5.27. The van der Waals surface area contributed by atoms with E-state index in [4.69, 9.17) is 16.6 Å². The molecule has 1 fully saturated rings. The van der Waals surface area contributed by atoms with Gasteiger partial charge in [-0.05, 0) is 19.9 Å². The van der Waals surface area contributed by atoms with Gasteiger partial charge in [0, 0.05) is 47.4 Å². The molecule has 1 aromatic carbocycles. The minimum atomic E-state index is -3.44. The molecule has 2 aliphatic rings. The first kappa shape index (κ1) is 22.1. The predicted molar refractivity (Wildman–Crippen MR) is 118 cm³/mol. The Bertz CT molecular complexity index is 1200. The quantitative estimate of drug-likeness (QED) is 0.682. The number of nitrogens with zero attached hydrogens (tertiary/aromatic N) is 3. The molecule has 0 amide bonds. The molecule has 0 aliphatic carbocycles. The summed E-state index contributed by atoms with van der Waals surface area (Å²) in [6, 6.07) is 3.17. The number of fused-ring (bicyclic) bond motifs is 1. The zero-order chi connectivity index (χ0) is 22.3. The van der Waals surface area contributed by atoms with Crippen LogP contribution in [0.1, 0.15) is 36.9 Å². The van der Waals surface area contributed by atoms with Crippen molar-refractivity contribution in [2.45, 2.75) is 32.4 Å². The second-order valence-electron chi connectivity index (χ2n) is 7.29. The van der Waals surface area contributed by atoms with E-state index in [0.29, 0.717) is 40.6 Å². The maximum absolute atomic E-state index is 14.2. The van der Waals surface area contributed by atoms with Crippen molar-refractivity contribution < 1.29 is 17.6 Å². The standard InChI is InChI=1S/C20H20ClFN4O3S2/c1-3-31(28,29)25-12-9-15-16(11(2)27)18(13-5-4-6-14(22)17(13)21)24-19(26(15)10-12)20-23-7-8-30-20/h4-8,12,18,25H,3,9-10H2,1-2H3/t12-,18-/m0/s1. The molecule has 3 heterocycles. The van der Waals surface area contributed by atoms with Crippen LogP contribution in [0.25, 0.3) is 0 Å². The first-order chi connectivity index (χ1) is 14.7. The van der Waals surface area contributed by atoms with E-state index in [-0.39, 0.29) is 16.6 Å². The van der Waals surface area contributed by atoms with Crippen LogP contribution in [0.4, 0.5) is 4.39 Å². The Morgan fingerprint density at radius 2 is 2.19 bits per heavy atom. The van der Waals surface area contributed by atoms with Crippen LogP contribution >= 0.6 is 22.9 Å². The van der Waals surface area contributed by atoms with Gasteiger partial charge in [0.2, 0.25) is 10.0 Å². The highest BCUT2D eigenvalue weighted by molar-refractivity contribution is 7.89. The molecule has 11 heteroatoms. The molecule has 2 atom stereocenters. The van der Waals surface area contributed by atoms with Crippen molar-refractivity contribution in [3.63, 3.8) is 0 Å². The predicted octanol–water partition coefficient (Wildman–Crippen LogP) is 3.29. The van der Waals surface area contributed by atoms with E-state index in [1.165, 1.54) is 30.4 Å². The number of nitrogens with one attached hydrogen (secondary N) is 1. The number of carbonyl (C=O) groups excluding carboxylic acids is 1. The number of hydrogen-bond donors (Lipinski definition) is 1. The van der Waals surface area contributed by atoms with Crippen LogP contribution in [0.15, 0.2) is 46.0 Å². The molecule has 0 spiro atoms. The van der Waals surface area contributed by atoms with Crippen LogP contribution in [0, 0.1) is 5.82 Å². The molecule has 0 saturated carbocycles. The highest BCUT2D eigenvalue weighted by Crippen LogP contribution is 2.42. The summed E-state index contributed by atoms with van der Waals surface area (Å²) >= 11 is 7.62. The second kappa shape index (κ2) is 8.42. The van der Waals surface area contributed by atoms with Crippen LogP contribution in [0.2, 0.25) is 5.02 Å². The fraction of sp³-hybridized carbons (Fsp3) is 0.350. The number of aromatic nitrogens is 1. The van der Waals surface area contributed by atoms with Gasteiger partial charge in [0.25, 0.3) is 0 Å². The summed E-state index contributed by atoms with van der Waals surface area (Å²) in [6.45, 7) is 3.30. The summed E-state index contributed by atoms with van der Waals surface area (Å²) in [5.74, 6) is -0.359. The Morgan fingerprint density at radius 3 is 2.84 bits per heavy atom. The van der Waals surface area contributed by atoms with E-state index < -0.39 is 27.9 Å². The molecule has 1 N–H and O–H groups in total. The lowest BCUT2D eigenvalue weighted by Crippen LogP contribution is -2.40. The van der Waals surface area contributed by atoms with Gasteiger partial charge in [0.05, 0.1) is 10.8 Å². The number of Topliss-reactive ketones (excluding diaryl/α,β-unsaturated/α-hetero) is 1. The van der Waals surface area contributed by atoms with E-state index in [1.54, 1.807) is 24.6 Å². The van der Waals surface area contributed by atoms with E-state index in [9.17, 15) is 17.6 Å². The molecule has 7 nitrogen and oxygen atoms in total. The summed E-state index contributed by atoms with van der Waals surface area (Å²) in [7, 11) is -3.44. The van der Waals surface area contributed by atoms with Gasteiger partial charge in [-0.15, -0.1) is 11.3 Å². The minimum absolute atomic E-state index is 0.0446. The first-order valence-electron chi connectivity index (χ1n) is 9.65. The normalized spacial score (nSPS) is 21.3.